The van der Waals surface area contributed by atoms with Crippen LogP contribution in [0.25, 0.3) is 0 Å². The van der Waals surface area contributed by atoms with Gasteiger partial charge in [0.25, 0.3) is 0 Å². The summed E-state index contributed by atoms with van der Waals surface area (Å²) in [5, 5.41) is 11.7. The number of phenols is 1. The standard InChI is InChI=1S/C22H27Cl2NO2S/c1-13(26)25(19-17(23)9-8-10-18(19)24)28-14-11-15(21(2,3)4)20(27)16(12-14)22(5,6)7/h8-12,27H,1-7H3. The first-order valence-electron chi connectivity index (χ1n) is 9.04. The number of halogens is 2. The van der Waals surface area contributed by atoms with Gasteiger partial charge in [-0.3, -0.25) is 4.79 Å². The Bertz CT molecular complexity index is 843. The van der Waals surface area contributed by atoms with Crippen LogP contribution in [0.15, 0.2) is 35.2 Å². The second-order valence-electron chi connectivity index (χ2n) is 8.84. The van der Waals surface area contributed by atoms with Crippen LogP contribution in [0.5, 0.6) is 5.75 Å². The molecule has 0 bridgehead atoms. The summed E-state index contributed by atoms with van der Waals surface area (Å²) in [7, 11) is 0. The summed E-state index contributed by atoms with van der Waals surface area (Å²) >= 11 is 13.9. The van der Waals surface area contributed by atoms with E-state index < -0.39 is 0 Å². The van der Waals surface area contributed by atoms with Gasteiger partial charge < -0.3 is 5.11 Å². The van der Waals surface area contributed by atoms with Gasteiger partial charge in [-0.25, -0.2) is 4.31 Å². The van der Waals surface area contributed by atoms with Crippen molar-refractivity contribution in [2.24, 2.45) is 0 Å². The van der Waals surface area contributed by atoms with Gasteiger partial charge in [0, 0.05) is 22.9 Å². The highest BCUT2D eigenvalue weighted by molar-refractivity contribution is 8.01. The molecule has 3 nitrogen and oxygen atoms in total. The van der Waals surface area contributed by atoms with Gasteiger partial charge in [-0.05, 0) is 47.0 Å². The predicted molar refractivity (Wildman–Crippen MR) is 121 cm³/mol. The third-order valence-corrected chi connectivity index (χ3v) is 6.00. The van der Waals surface area contributed by atoms with Gasteiger partial charge in [0.1, 0.15) is 5.75 Å². The molecule has 0 spiro atoms. The van der Waals surface area contributed by atoms with E-state index in [9.17, 15) is 9.90 Å². The number of carbonyl (C=O) groups is 1. The molecule has 1 amide bonds. The van der Waals surface area contributed by atoms with Crippen LogP contribution < -0.4 is 4.31 Å². The van der Waals surface area contributed by atoms with Crippen molar-refractivity contribution in [2.75, 3.05) is 4.31 Å². The molecule has 2 aromatic carbocycles. The minimum absolute atomic E-state index is 0.192. The quantitative estimate of drug-likeness (QED) is 0.507. The largest absolute Gasteiger partial charge is 0.507 e. The molecule has 0 saturated heterocycles. The Morgan fingerprint density at radius 2 is 1.39 bits per heavy atom. The van der Waals surface area contributed by atoms with Crippen molar-refractivity contribution in [3.05, 3.63) is 51.5 Å². The number of phenolic OH excluding ortho intramolecular Hbond substituents is 1. The molecule has 0 aromatic heterocycles. The molecule has 2 rings (SSSR count). The van der Waals surface area contributed by atoms with Gasteiger partial charge in [0.2, 0.25) is 5.91 Å². The minimum Gasteiger partial charge on any atom is -0.507 e. The van der Waals surface area contributed by atoms with Crippen molar-refractivity contribution in [3.8, 4) is 5.75 Å². The van der Waals surface area contributed by atoms with Crippen LogP contribution in [-0.4, -0.2) is 11.0 Å². The van der Waals surface area contributed by atoms with Gasteiger partial charge in [-0.2, -0.15) is 0 Å². The van der Waals surface area contributed by atoms with E-state index in [4.69, 9.17) is 23.2 Å². The lowest BCUT2D eigenvalue weighted by atomic mass is 9.79. The first kappa shape index (κ1) is 22.9. The van der Waals surface area contributed by atoms with Crippen LogP contribution >= 0.6 is 35.1 Å². The molecule has 1 N–H and O–H groups in total. The maximum atomic E-state index is 12.4. The average molecular weight is 440 g/mol. The Hall–Kier alpha value is -1.36. The first-order chi connectivity index (χ1) is 12.7. The maximum Gasteiger partial charge on any atom is 0.234 e. The lowest BCUT2D eigenvalue weighted by Crippen LogP contribution is -2.22. The van der Waals surface area contributed by atoms with E-state index in [0.29, 0.717) is 21.5 Å². The number of para-hydroxylation sites is 1. The van der Waals surface area contributed by atoms with Crippen LogP contribution in [0.1, 0.15) is 59.6 Å². The molecular formula is C22H27Cl2NO2S. The zero-order valence-electron chi connectivity index (χ0n) is 17.4. The van der Waals surface area contributed by atoms with Crippen LogP contribution in [0.3, 0.4) is 0 Å². The van der Waals surface area contributed by atoms with E-state index in [-0.39, 0.29) is 16.7 Å². The first-order valence-corrected chi connectivity index (χ1v) is 10.6. The molecular weight excluding hydrogens is 413 g/mol. The summed E-state index contributed by atoms with van der Waals surface area (Å²) in [5.41, 5.74) is 1.60. The average Bonchev–Trinajstić information content (AvgIpc) is 2.52. The van der Waals surface area contributed by atoms with Crippen molar-refractivity contribution in [3.63, 3.8) is 0 Å². The Kier molecular flexibility index (Phi) is 6.69. The summed E-state index contributed by atoms with van der Waals surface area (Å²) in [4.78, 5) is 13.3. The molecule has 0 aliphatic rings. The van der Waals surface area contributed by atoms with E-state index in [1.54, 1.807) is 18.2 Å². The highest BCUT2D eigenvalue weighted by Crippen LogP contribution is 2.44. The highest BCUT2D eigenvalue weighted by atomic mass is 35.5. The van der Waals surface area contributed by atoms with Crippen molar-refractivity contribution in [1.29, 1.82) is 0 Å². The molecule has 0 aliphatic heterocycles. The summed E-state index contributed by atoms with van der Waals surface area (Å²) in [6.07, 6.45) is 0. The monoisotopic (exact) mass is 439 g/mol. The normalized spacial score (nSPS) is 12.2. The number of benzene rings is 2. The fourth-order valence-corrected chi connectivity index (χ4v) is 4.50. The Morgan fingerprint density at radius 1 is 0.964 bits per heavy atom. The number of aromatic hydroxyl groups is 1. The number of hydrogen-bond acceptors (Lipinski definition) is 3. The maximum absolute atomic E-state index is 12.4. The Morgan fingerprint density at radius 3 is 1.75 bits per heavy atom. The number of nitrogens with zero attached hydrogens (tertiary/aromatic N) is 1. The third kappa shape index (κ3) is 4.97. The van der Waals surface area contributed by atoms with Crippen LogP contribution in [0, 0.1) is 0 Å². The zero-order valence-corrected chi connectivity index (χ0v) is 19.7. The van der Waals surface area contributed by atoms with Crippen LogP contribution in [0.4, 0.5) is 5.69 Å². The van der Waals surface area contributed by atoms with E-state index >= 15 is 0 Å². The van der Waals surface area contributed by atoms with Crippen LogP contribution in [0.2, 0.25) is 10.0 Å². The second-order valence-corrected chi connectivity index (χ2v) is 10.7. The van der Waals surface area contributed by atoms with Crippen molar-refractivity contribution in [1.82, 2.24) is 0 Å². The number of anilines is 1. The zero-order chi connectivity index (χ0) is 21.4. The molecule has 152 valence electrons. The molecule has 0 fully saturated rings. The third-order valence-electron chi connectivity index (χ3n) is 4.32. The minimum atomic E-state index is -0.260. The fraction of sp³-hybridized carbons (Fsp3) is 0.409. The van der Waals surface area contributed by atoms with Crippen molar-refractivity contribution < 1.29 is 9.90 Å². The van der Waals surface area contributed by atoms with Gasteiger partial charge in [0.05, 0.1) is 15.7 Å². The van der Waals surface area contributed by atoms with Crippen molar-refractivity contribution >= 4 is 46.7 Å². The fourth-order valence-electron chi connectivity index (χ4n) is 2.86. The van der Waals surface area contributed by atoms with Gasteiger partial charge in [-0.1, -0.05) is 70.8 Å². The van der Waals surface area contributed by atoms with E-state index in [0.717, 1.165) is 16.0 Å². The SMILES string of the molecule is CC(=O)N(Sc1cc(C(C)(C)C)c(O)c(C(C)(C)C)c1)c1c(Cl)cccc1Cl. The van der Waals surface area contributed by atoms with Crippen molar-refractivity contribution in [2.45, 2.75) is 64.2 Å². The lowest BCUT2D eigenvalue weighted by Gasteiger charge is -2.29. The second kappa shape index (κ2) is 8.17. The molecule has 2 aromatic rings. The number of amides is 1. The number of rotatable bonds is 3. The topological polar surface area (TPSA) is 40.5 Å². The van der Waals surface area contributed by atoms with Gasteiger partial charge in [-0.15, -0.1) is 0 Å². The lowest BCUT2D eigenvalue weighted by molar-refractivity contribution is -0.115. The predicted octanol–water partition coefficient (Wildman–Crippen LogP) is 7.35. The molecule has 0 saturated carbocycles. The molecule has 0 unspecified atom stereocenters. The van der Waals surface area contributed by atoms with E-state index in [1.165, 1.54) is 23.2 Å². The summed E-state index contributed by atoms with van der Waals surface area (Å²) in [6, 6.07) is 9.01. The smallest absolute Gasteiger partial charge is 0.234 e. The molecule has 6 heteroatoms. The summed E-state index contributed by atoms with van der Waals surface area (Å²) in [6.45, 7) is 13.8. The molecule has 0 heterocycles. The highest BCUT2D eigenvalue weighted by Gasteiger charge is 2.28. The van der Waals surface area contributed by atoms with Gasteiger partial charge in [0.15, 0.2) is 0 Å². The van der Waals surface area contributed by atoms with E-state index in [2.05, 4.69) is 41.5 Å². The number of hydrogen-bond donors (Lipinski definition) is 1. The molecule has 28 heavy (non-hydrogen) atoms. The molecule has 0 aliphatic carbocycles. The Balaban J connectivity index is 2.65. The summed E-state index contributed by atoms with van der Waals surface area (Å²) in [5.74, 6) is 0.109. The van der Waals surface area contributed by atoms with E-state index in [1.807, 2.05) is 12.1 Å². The summed E-state index contributed by atoms with van der Waals surface area (Å²) < 4.78 is 1.50. The molecule has 0 radical (unpaired) electrons. The van der Waals surface area contributed by atoms with Gasteiger partial charge >= 0.3 is 0 Å². The molecule has 0 atom stereocenters. The Labute approximate surface area is 182 Å². The van der Waals surface area contributed by atoms with Crippen LogP contribution in [-0.2, 0) is 15.6 Å². The number of carbonyl (C=O) groups excluding carboxylic acids is 1.